The summed E-state index contributed by atoms with van der Waals surface area (Å²) in [6, 6.07) is 1.13. The molecule has 1 N–H and O–H groups in total. The minimum absolute atomic E-state index is 0.279. The van der Waals surface area contributed by atoms with Gasteiger partial charge < -0.3 is 15.1 Å². The van der Waals surface area contributed by atoms with Gasteiger partial charge in [0.1, 0.15) is 0 Å². The number of carbonyl (C=O) groups is 1. The normalized spacial score (nSPS) is 29.4. The van der Waals surface area contributed by atoms with Crippen LogP contribution in [0.2, 0.25) is 0 Å². The number of piperidine rings is 1. The predicted octanol–water partition coefficient (Wildman–Crippen LogP) is 2.05. The van der Waals surface area contributed by atoms with Crippen molar-refractivity contribution in [1.29, 1.82) is 0 Å². The number of nitrogens with one attached hydrogen (secondary N) is 1. The molecule has 0 saturated carbocycles. The Labute approximate surface area is 111 Å². The van der Waals surface area contributed by atoms with E-state index in [9.17, 15) is 4.79 Å². The molecule has 0 aliphatic carbocycles. The molecule has 0 aromatic rings. The molecule has 104 valence electrons. The van der Waals surface area contributed by atoms with Gasteiger partial charge in [-0.3, -0.25) is 0 Å². The molecule has 0 spiro atoms. The average Bonchev–Trinajstić information content (AvgIpc) is 2.46. The Balaban J connectivity index is 1.99. The zero-order chi connectivity index (χ0) is 13.0. The van der Waals surface area contributed by atoms with E-state index in [2.05, 4.69) is 29.0 Å². The zero-order valence-corrected chi connectivity index (χ0v) is 11.8. The summed E-state index contributed by atoms with van der Waals surface area (Å²) in [5, 5.41) is 3.55. The lowest BCUT2D eigenvalue weighted by Gasteiger charge is -2.43. The smallest absolute Gasteiger partial charge is 0.320 e. The highest BCUT2D eigenvalue weighted by molar-refractivity contribution is 5.75. The van der Waals surface area contributed by atoms with Crippen LogP contribution in [0.15, 0.2) is 0 Å². The molecule has 18 heavy (non-hydrogen) atoms. The monoisotopic (exact) mass is 253 g/mol. The number of rotatable bonds is 2. The molecule has 4 heteroatoms. The molecule has 2 saturated heterocycles. The van der Waals surface area contributed by atoms with Gasteiger partial charge in [0.2, 0.25) is 0 Å². The summed E-state index contributed by atoms with van der Waals surface area (Å²) < 4.78 is 0. The topological polar surface area (TPSA) is 35.6 Å². The summed E-state index contributed by atoms with van der Waals surface area (Å²) in [5.41, 5.74) is 0. The number of amides is 2. The van der Waals surface area contributed by atoms with Crippen molar-refractivity contribution >= 4 is 6.03 Å². The highest BCUT2D eigenvalue weighted by Crippen LogP contribution is 2.17. The number of hydrogen-bond donors (Lipinski definition) is 1. The van der Waals surface area contributed by atoms with Gasteiger partial charge in [-0.1, -0.05) is 13.8 Å². The van der Waals surface area contributed by atoms with Gasteiger partial charge in [-0.15, -0.1) is 0 Å². The van der Waals surface area contributed by atoms with Gasteiger partial charge in [-0.2, -0.15) is 0 Å². The van der Waals surface area contributed by atoms with Gasteiger partial charge in [0, 0.05) is 38.3 Å². The fraction of sp³-hybridized carbons (Fsp3) is 0.929. The van der Waals surface area contributed by atoms with Crippen LogP contribution in [0.1, 0.15) is 46.0 Å². The lowest BCUT2D eigenvalue weighted by molar-refractivity contribution is 0.0989. The van der Waals surface area contributed by atoms with Crippen molar-refractivity contribution in [2.75, 3.05) is 26.2 Å². The van der Waals surface area contributed by atoms with E-state index < -0.39 is 0 Å². The van der Waals surface area contributed by atoms with Crippen molar-refractivity contribution < 1.29 is 4.79 Å². The third kappa shape index (κ3) is 2.97. The second-order valence-electron chi connectivity index (χ2n) is 5.56. The maximum Gasteiger partial charge on any atom is 0.320 e. The van der Waals surface area contributed by atoms with E-state index in [4.69, 9.17) is 0 Å². The van der Waals surface area contributed by atoms with Crippen LogP contribution in [0.5, 0.6) is 0 Å². The van der Waals surface area contributed by atoms with Crippen molar-refractivity contribution in [3.8, 4) is 0 Å². The van der Waals surface area contributed by atoms with Gasteiger partial charge in [0.05, 0.1) is 0 Å². The van der Waals surface area contributed by atoms with Crippen LogP contribution < -0.4 is 5.32 Å². The summed E-state index contributed by atoms with van der Waals surface area (Å²) in [4.78, 5) is 16.8. The SMILES string of the molecule is CCC1CN(C(=O)N2CCCCC2)C(CC)CN1. The molecule has 0 aromatic carbocycles. The molecule has 0 radical (unpaired) electrons. The van der Waals surface area contributed by atoms with E-state index in [1.807, 2.05) is 0 Å². The standard InChI is InChI=1S/C14H27N3O/c1-3-12-11-17(13(4-2)10-15-12)14(18)16-8-6-5-7-9-16/h12-13,15H,3-11H2,1-2H3. The second kappa shape index (κ2) is 6.41. The lowest BCUT2D eigenvalue weighted by Crippen LogP contribution is -2.60. The van der Waals surface area contributed by atoms with Crippen LogP contribution in [0.25, 0.3) is 0 Å². The van der Waals surface area contributed by atoms with Crippen molar-refractivity contribution in [3.63, 3.8) is 0 Å². The fourth-order valence-corrected chi connectivity index (χ4v) is 3.00. The summed E-state index contributed by atoms with van der Waals surface area (Å²) in [6.07, 6.45) is 5.76. The lowest BCUT2D eigenvalue weighted by atomic mass is 10.1. The van der Waals surface area contributed by atoms with E-state index in [1.165, 1.54) is 19.3 Å². The van der Waals surface area contributed by atoms with Crippen LogP contribution in [0.3, 0.4) is 0 Å². The van der Waals surface area contributed by atoms with Crippen LogP contribution in [-0.4, -0.2) is 54.1 Å². The molecule has 2 aliphatic rings. The molecule has 2 fully saturated rings. The maximum atomic E-state index is 12.6. The Morgan fingerprint density at radius 1 is 1.17 bits per heavy atom. The number of urea groups is 1. The maximum absolute atomic E-state index is 12.6. The Morgan fingerprint density at radius 2 is 1.89 bits per heavy atom. The first-order chi connectivity index (χ1) is 8.76. The fourth-order valence-electron chi connectivity index (χ4n) is 3.00. The van der Waals surface area contributed by atoms with Crippen molar-refractivity contribution in [3.05, 3.63) is 0 Å². The highest BCUT2D eigenvalue weighted by Gasteiger charge is 2.32. The van der Waals surface area contributed by atoms with Gasteiger partial charge in [-0.05, 0) is 32.1 Å². The third-order valence-corrected chi connectivity index (χ3v) is 4.34. The molecule has 2 amide bonds. The number of carbonyl (C=O) groups excluding carboxylic acids is 1. The first-order valence-corrected chi connectivity index (χ1v) is 7.55. The third-order valence-electron chi connectivity index (χ3n) is 4.34. The van der Waals surface area contributed by atoms with Gasteiger partial charge in [0.15, 0.2) is 0 Å². The predicted molar refractivity (Wildman–Crippen MR) is 73.7 cm³/mol. The molecule has 0 aromatic heterocycles. The molecular formula is C14H27N3O. The molecule has 2 aliphatic heterocycles. The van der Waals surface area contributed by atoms with Gasteiger partial charge in [0.25, 0.3) is 0 Å². The van der Waals surface area contributed by atoms with Crippen LogP contribution in [0.4, 0.5) is 4.79 Å². The van der Waals surface area contributed by atoms with Crippen LogP contribution >= 0.6 is 0 Å². The van der Waals surface area contributed by atoms with E-state index in [0.29, 0.717) is 12.1 Å². The molecule has 2 heterocycles. The number of nitrogens with zero attached hydrogens (tertiary/aromatic N) is 2. The summed E-state index contributed by atoms with van der Waals surface area (Å²) in [6.45, 7) is 8.10. The molecule has 2 unspecified atom stereocenters. The van der Waals surface area contributed by atoms with Crippen LogP contribution in [-0.2, 0) is 0 Å². The first-order valence-electron chi connectivity index (χ1n) is 7.55. The van der Waals surface area contributed by atoms with Crippen molar-refractivity contribution in [1.82, 2.24) is 15.1 Å². The minimum Gasteiger partial charge on any atom is -0.325 e. The van der Waals surface area contributed by atoms with Gasteiger partial charge in [-0.25, -0.2) is 4.79 Å². The second-order valence-corrected chi connectivity index (χ2v) is 5.56. The van der Waals surface area contributed by atoms with Crippen molar-refractivity contribution in [2.24, 2.45) is 0 Å². The van der Waals surface area contributed by atoms with E-state index in [-0.39, 0.29) is 6.03 Å². The average molecular weight is 253 g/mol. The van der Waals surface area contributed by atoms with E-state index in [1.54, 1.807) is 0 Å². The number of piperazine rings is 1. The number of likely N-dealkylation sites (tertiary alicyclic amines) is 1. The molecule has 4 nitrogen and oxygen atoms in total. The Hall–Kier alpha value is -0.770. The van der Waals surface area contributed by atoms with E-state index >= 15 is 0 Å². The first kappa shape index (κ1) is 13.7. The van der Waals surface area contributed by atoms with Crippen LogP contribution in [0, 0.1) is 0 Å². The minimum atomic E-state index is 0.279. The Bertz CT molecular complexity index is 276. The van der Waals surface area contributed by atoms with Crippen molar-refractivity contribution in [2.45, 2.75) is 58.0 Å². The quantitative estimate of drug-likeness (QED) is 0.817. The largest absolute Gasteiger partial charge is 0.325 e. The molecule has 2 rings (SSSR count). The Morgan fingerprint density at radius 3 is 2.50 bits per heavy atom. The van der Waals surface area contributed by atoms with Gasteiger partial charge >= 0.3 is 6.03 Å². The summed E-state index contributed by atoms with van der Waals surface area (Å²) in [5.74, 6) is 0. The summed E-state index contributed by atoms with van der Waals surface area (Å²) in [7, 11) is 0. The Kier molecular flexibility index (Phi) is 4.87. The molecular weight excluding hydrogens is 226 g/mol. The molecule has 0 bridgehead atoms. The molecule has 2 atom stereocenters. The van der Waals surface area contributed by atoms with E-state index in [0.717, 1.165) is 39.0 Å². The summed E-state index contributed by atoms with van der Waals surface area (Å²) >= 11 is 0. The number of hydrogen-bond acceptors (Lipinski definition) is 2. The zero-order valence-electron chi connectivity index (χ0n) is 11.8. The highest BCUT2D eigenvalue weighted by atomic mass is 16.2.